The van der Waals surface area contributed by atoms with E-state index >= 15 is 0 Å². The fourth-order valence-corrected chi connectivity index (χ4v) is 5.12. The molecule has 2 aromatic heterocycles. The van der Waals surface area contributed by atoms with E-state index in [-0.39, 0.29) is 5.91 Å². The summed E-state index contributed by atoms with van der Waals surface area (Å²) in [5.74, 6) is 1.75. The second-order valence-corrected chi connectivity index (χ2v) is 9.61. The second-order valence-electron chi connectivity index (χ2n) is 7.44. The molecule has 164 valence electrons. The number of hydrogen-bond acceptors (Lipinski definition) is 6. The highest BCUT2D eigenvalue weighted by Gasteiger charge is 2.20. The van der Waals surface area contributed by atoms with Gasteiger partial charge in [0.15, 0.2) is 5.13 Å². The van der Waals surface area contributed by atoms with Crippen LogP contribution in [0.25, 0.3) is 10.2 Å². The Kier molecular flexibility index (Phi) is 7.39. The molecular weight excluding hydrogens is 438 g/mol. The van der Waals surface area contributed by atoms with Gasteiger partial charge in [-0.15, -0.1) is 11.8 Å². The SMILES string of the molecule is COc1ccc2nc(N(Cc3cccnc3)C(=O)CCCSc3ccc(C)cc3)sc2c1. The molecule has 0 unspecified atom stereocenters. The maximum Gasteiger partial charge on any atom is 0.229 e. The molecule has 4 aromatic rings. The lowest BCUT2D eigenvalue weighted by Gasteiger charge is -2.20. The van der Waals surface area contributed by atoms with Crippen LogP contribution in [0.5, 0.6) is 5.75 Å². The van der Waals surface area contributed by atoms with E-state index in [0.29, 0.717) is 18.1 Å². The number of benzene rings is 2. The molecule has 1 amide bonds. The molecule has 0 aliphatic rings. The molecule has 32 heavy (non-hydrogen) atoms. The van der Waals surface area contributed by atoms with Gasteiger partial charge in [-0.1, -0.05) is 35.1 Å². The quantitative estimate of drug-likeness (QED) is 0.221. The molecule has 0 aliphatic heterocycles. The van der Waals surface area contributed by atoms with Crippen molar-refractivity contribution in [3.63, 3.8) is 0 Å². The molecule has 0 atom stereocenters. The van der Waals surface area contributed by atoms with Crippen molar-refractivity contribution < 1.29 is 9.53 Å². The van der Waals surface area contributed by atoms with Crippen LogP contribution in [0.4, 0.5) is 5.13 Å². The van der Waals surface area contributed by atoms with Crippen LogP contribution in [-0.2, 0) is 11.3 Å². The normalized spacial score (nSPS) is 10.9. The Bertz CT molecular complexity index is 1180. The smallest absolute Gasteiger partial charge is 0.229 e. The highest BCUT2D eigenvalue weighted by molar-refractivity contribution is 7.99. The minimum Gasteiger partial charge on any atom is -0.497 e. The van der Waals surface area contributed by atoms with Crippen LogP contribution < -0.4 is 9.64 Å². The number of thiazole rings is 1. The Morgan fingerprint density at radius 2 is 2.00 bits per heavy atom. The number of pyridine rings is 1. The number of rotatable bonds is 9. The van der Waals surface area contributed by atoms with Crippen LogP contribution in [0.2, 0.25) is 0 Å². The molecule has 0 fully saturated rings. The van der Waals surface area contributed by atoms with Gasteiger partial charge in [-0.2, -0.15) is 0 Å². The van der Waals surface area contributed by atoms with Gasteiger partial charge in [0.05, 0.1) is 23.9 Å². The number of methoxy groups -OCH3 is 1. The third kappa shape index (κ3) is 5.66. The molecule has 0 radical (unpaired) electrons. The van der Waals surface area contributed by atoms with Crippen molar-refractivity contribution in [2.45, 2.75) is 31.2 Å². The number of nitrogens with zero attached hydrogens (tertiary/aromatic N) is 3. The number of aromatic nitrogens is 2. The van der Waals surface area contributed by atoms with Gasteiger partial charge in [0.25, 0.3) is 0 Å². The van der Waals surface area contributed by atoms with Gasteiger partial charge in [-0.3, -0.25) is 14.7 Å². The third-order valence-electron chi connectivity index (χ3n) is 5.00. The van der Waals surface area contributed by atoms with E-state index in [1.54, 1.807) is 36.2 Å². The zero-order valence-electron chi connectivity index (χ0n) is 18.2. The first-order valence-electron chi connectivity index (χ1n) is 10.5. The topological polar surface area (TPSA) is 55.3 Å². The van der Waals surface area contributed by atoms with Crippen molar-refractivity contribution in [3.8, 4) is 5.75 Å². The number of amides is 1. The van der Waals surface area contributed by atoms with Crippen molar-refractivity contribution in [3.05, 3.63) is 78.1 Å². The maximum absolute atomic E-state index is 13.2. The molecule has 7 heteroatoms. The van der Waals surface area contributed by atoms with Gasteiger partial charge < -0.3 is 4.74 Å². The predicted molar refractivity (Wildman–Crippen MR) is 133 cm³/mol. The highest BCUT2D eigenvalue weighted by atomic mass is 32.2. The second kappa shape index (κ2) is 10.6. The number of thioether (sulfide) groups is 1. The van der Waals surface area contributed by atoms with E-state index in [0.717, 1.165) is 33.7 Å². The number of fused-ring (bicyclic) bond motifs is 1. The van der Waals surface area contributed by atoms with Crippen molar-refractivity contribution >= 4 is 44.4 Å². The summed E-state index contributed by atoms with van der Waals surface area (Å²) in [6.07, 6.45) is 4.81. The van der Waals surface area contributed by atoms with E-state index in [1.807, 2.05) is 30.3 Å². The average Bonchev–Trinajstić information content (AvgIpc) is 3.25. The van der Waals surface area contributed by atoms with E-state index < -0.39 is 0 Å². The zero-order valence-corrected chi connectivity index (χ0v) is 19.8. The number of carbonyl (C=O) groups excluding carboxylic acids is 1. The summed E-state index contributed by atoms with van der Waals surface area (Å²) in [6, 6.07) is 18.1. The standard InChI is InChI=1S/C25H25N3O2S2/c1-18-7-10-21(11-8-18)31-14-4-6-24(29)28(17-19-5-3-13-26-16-19)25-27-22-12-9-20(30-2)15-23(22)32-25/h3,5,7-13,15-16H,4,6,14,17H2,1-2H3. The minimum atomic E-state index is 0.0735. The van der Waals surface area contributed by atoms with Gasteiger partial charge in [0.2, 0.25) is 5.91 Å². The molecule has 5 nitrogen and oxygen atoms in total. The summed E-state index contributed by atoms with van der Waals surface area (Å²) >= 11 is 3.29. The Balaban J connectivity index is 1.47. The number of carbonyl (C=O) groups is 1. The molecular formula is C25H25N3O2S2. The van der Waals surface area contributed by atoms with Crippen molar-refractivity contribution in [1.82, 2.24) is 9.97 Å². The summed E-state index contributed by atoms with van der Waals surface area (Å²) in [5.41, 5.74) is 3.10. The van der Waals surface area contributed by atoms with E-state index in [9.17, 15) is 4.79 Å². The first-order valence-corrected chi connectivity index (χ1v) is 12.3. The molecule has 0 saturated heterocycles. The summed E-state index contributed by atoms with van der Waals surface area (Å²) < 4.78 is 6.33. The van der Waals surface area contributed by atoms with Gasteiger partial charge in [0.1, 0.15) is 5.75 Å². The Labute approximate surface area is 196 Å². The number of ether oxygens (including phenoxy) is 1. The molecule has 0 bridgehead atoms. The minimum absolute atomic E-state index is 0.0735. The number of hydrogen-bond donors (Lipinski definition) is 0. The maximum atomic E-state index is 13.2. The van der Waals surface area contributed by atoms with Crippen molar-refractivity contribution in [1.29, 1.82) is 0 Å². The largest absolute Gasteiger partial charge is 0.497 e. The lowest BCUT2D eigenvalue weighted by molar-refractivity contribution is -0.118. The number of aryl methyl sites for hydroxylation is 1. The average molecular weight is 464 g/mol. The predicted octanol–water partition coefficient (Wildman–Crippen LogP) is 6.11. The fraction of sp³-hybridized carbons (Fsp3) is 0.240. The first-order chi connectivity index (χ1) is 15.6. The van der Waals surface area contributed by atoms with E-state index in [2.05, 4.69) is 36.2 Å². The molecule has 0 N–H and O–H groups in total. The molecule has 0 spiro atoms. The van der Waals surface area contributed by atoms with E-state index in [4.69, 9.17) is 9.72 Å². The third-order valence-corrected chi connectivity index (χ3v) is 7.14. The number of anilines is 1. The monoisotopic (exact) mass is 463 g/mol. The Morgan fingerprint density at radius 3 is 2.75 bits per heavy atom. The fourth-order valence-electron chi connectivity index (χ4n) is 3.25. The van der Waals surface area contributed by atoms with Crippen LogP contribution in [-0.4, -0.2) is 28.7 Å². The zero-order chi connectivity index (χ0) is 22.3. The van der Waals surface area contributed by atoms with E-state index in [1.165, 1.54) is 21.8 Å². The summed E-state index contributed by atoms with van der Waals surface area (Å²) in [7, 11) is 1.65. The van der Waals surface area contributed by atoms with Crippen molar-refractivity contribution in [2.24, 2.45) is 0 Å². The van der Waals surface area contributed by atoms with Gasteiger partial charge in [-0.05, 0) is 61.1 Å². The van der Waals surface area contributed by atoms with Crippen LogP contribution in [0.1, 0.15) is 24.0 Å². The lowest BCUT2D eigenvalue weighted by atomic mass is 10.2. The van der Waals surface area contributed by atoms with Gasteiger partial charge >= 0.3 is 0 Å². The van der Waals surface area contributed by atoms with Crippen LogP contribution in [0.3, 0.4) is 0 Å². The molecule has 0 saturated carbocycles. The van der Waals surface area contributed by atoms with Crippen LogP contribution in [0, 0.1) is 6.92 Å². The molecule has 4 rings (SSSR count). The molecule has 2 aromatic carbocycles. The van der Waals surface area contributed by atoms with Crippen molar-refractivity contribution in [2.75, 3.05) is 17.8 Å². The van der Waals surface area contributed by atoms with Crippen LogP contribution in [0.15, 0.2) is 71.9 Å². The Morgan fingerprint density at radius 1 is 1.16 bits per heavy atom. The summed E-state index contributed by atoms with van der Waals surface area (Å²) in [6.45, 7) is 2.54. The van der Waals surface area contributed by atoms with Crippen LogP contribution >= 0.6 is 23.1 Å². The summed E-state index contributed by atoms with van der Waals surface area (Å²) in [5, 5.41) is 0.702. The Hall–Kier alpha value is -2.90. The molecule has 2 heterocycles. The molecule has 0 aliphatic carbocycles. The summed E-state index contributed by atoms with van der Waals surface area (Å²) in [4.78, 5) is 25.2. The first kappa shape index (κ1) is 22.3. The van der Waals surface area contributed by atoms with Gasteiger partial charge in [-0.25, -0.2) is 4.98 Å². The highest BCUT2D eigenvalue weighted by Crippen LogP contribution is 2.32. The van der Waals surface area contributed by atoms with Gasteiger partial charge in [0, 0.05) is 23.7 Å². The lowest BCUT2D eigenvalue weighted by Crippen LogP contribution is -2.30.